The topological polar surface area (TPSA) is 41.9 Å². The molecule has 1 aliphatic rings. The fourth-order valence-electron chi connectivity index (χ4n) is 2.24. The molecule has 0 amide bonds. The van der Waals surface area contributed by atoms with Crippen LogP contribution in [0.3, 0.4) is 0 Å². The summed E-state index contributed by atoms with van der Waals surface area (Å²) in [6, 6.07) is 5.61. The number of piperidine rings is 1. The largest absolute Gasteiger partial charge is 0.365 e. The highest BCUT2D eigenvalue weighted by atomic mass is 19.1. The molecule has 0 bridgehead atoms. The molecule has 0 radical (unpaired) electrons. The highest BCUT2D eigenvalue weighted by molar-refractivity contribution is 5.91. The van der Waals surface area contributed by atoms with E-state index < -0.39 is 5.97 Å². The van der Waals surface area contributed by atoms with Crippen molar-refractivity contribution in [1.82, 2.24) is 4.90 Å². The summed E-state index contributed by atoms with van der Waals surface area (Å²) in [5, 5.41) is 3.99. The summed E-state index contributed by atoms with van der Waals surface area (Å²) in [4.78, 5) is 19.0. The normalized spacial score (nSPS) is 25.7. The number of likely N-dealkylation sites (tertiary alicyclic amines) is 1. The zero-order chi connectivity index (χ0) is 14.7. The number of hydrogen-bond donors (Lipinski definition) is 0. The molecule has 1 fully saturated rings. The molecule has 0 unspecified atom stereocenters. The van der Waals surface area contributed by atoms with Gasteiger partial charge < -0.3 is 9.74 Å². The number of benzene rings is 1. The second-order valence-corrected chi connectivity index (χ2v) is 5.36. The summed E-state index contributed by atoms with van der Waals surface area (Å²) >= 11 is 0. The average molecular weight is 278 g/mol. The second kappa shape index (κ2) is 6.13. The van der Waals surface area contributed by atoms with Crippen LogP contribution in [0.4, 0.5) is 4.39 Å². The van der Waals surface area contributed by atoms with Crippen molar-refractivity contribution >= 4 is 11.7 Å². The molecule has 0 aliphatic carbocycles. The van der Waals surface area contributed by atoms with Crippen LogP contribution in [0.5, 0.6) is 0 Å². The molecule has 1 aromatic rings. The van der Waals surface area contributed by atoms with Crippen molar-refractivity contribution in [2.75, 3.05) is 13.6 Å². The van der Waals surface area contributed by atoms with E-state index in [9.17, 15) is 9.18 Å². The van der Waals surface area contributed by atoms with Gasteiger partial charge in [-0.3, -0.25) is 0 Å². The van der Waals surface area contributed by atoms with Gasteiger partial charge in [-0.05, 0) is 38.2 Å². The predicted molar refractivity (Wildman–Crippen MR) is 75.1 cm³/mol. The van der Waals surface area contributed by atoms with Gasteiger partial charge >= 0.3 is 5.97 Å². The van der Waals surface area contributed by atoms with Crippen molar-refractivity contribution in [3.05, 3.63) is 35.6 Å². The first-order valence-corrected chi connectivity index (χ1v) is 6.71. The Bertz CT molecular complexity index is 513. The maximum Gasteiger partial charge on any atom is 0.365 e. The number of oxime groups is 1. The Morgan fingerprint density at radius 1 is 1.35 bits per heavy atom. The SMILES string of the molecule is C[C@H]1CN(C)[C@@H](C)C/C1=N/OC(=O)c1ccc(F)cc1. The van der Waals surface area contributed by atoms with Crippen LogP contribution in [0.15, 0.2) is 29.4 Å². The minimum absolute atomic E-state index is 0.261. The molecule has 0 saturated carbocycles. The molecule has 0 aromatic heterocycles. The Morgan fingerprint density at radius 2 is 2.00 bits per heavy atom. The molecule has 1 heterocycles. The van der Waals surface area contributed by atoms with Gasteiger partial charge in [-0.1, -0.05) is 12.1 Å². The second-order valence-electron chi connectivity index (χ2n) is 5.36. The van der Waals surface area contributed by atoms with Crippen molar-refractivity contribution < 1.29 is 14.0 Å². The molecular formula is C15H19FN2O2. The van der Waals surface area contributed by atoms with Crippen molar-refractivity contribution in [2.24, 2.45) is 11.1 Å². The van der Waals surface area contributed by atoms with Gasteiger partial charge in [-0.25, -0.2) is 9.18 Å². The lowest BCUT2D eigenvalue weighted by atomic mass is 9.93. The summed E-state index contributed by atoms with van der Waals surface area (Å²) in [6.07, 6.45) is 0.786. The minimum atomic E-state index is -0.559. The molecule has 4 nitrogen and oxygen atoms in total. The van der Waals surface area contributed by atoms with E-state index in [2.05, 4.69) is 31.0 Å². The van der Waals surface area contributed by atoms with Gasteiger partial charge in [0.1, 0.15) is 5.82 Å². The number of halogens is 1. The van der Waals surface area contributed by atoms with Crippen LogP contribution in [0.25, 0.3) is 0 Å². The standard InChI is InChI=1S/C15H19FN2O2/c1-10-9-18(3)11(2)8-14(10)17-20-15(19)12-4-6-13(16)7-5-12/h4-7,10-11H,8-9H2,1-3H3/b17-14-/t10-,11-/m0/s1. The Balaban J connectivity index is 2.01. The van der Waals surface area contributed by atoms with Gasteiger partial charge in [0.25, 0.3) is 0 Å². The molecule has 0 spiro atoms. The molecular weight excluding hydrogens is 259 g/mol. The Morgan fingerprint density at radius 3 is 2.65 bits per heavy atom. The predicted octanol–water partition coefficient (Wildman–Crippen LogP) is 2.70. The van der Waals surface area contributed by atoms with Crippen molar-refractivity contribution in [1.29, 1.82) is 0 Å². The molecule has 2 rings (SSSR count). The minimum Gasteiger partial charge on any atom is -0.313 e. The van der Waals surface area contributed by atoms with Crippen LogP contribution in [0.1, 0.15) is 30.6 Å². The van der Waals surface area contributed by atoms with E-state index in [4.69, 9.17) is 4.84 Å². The fourth-order valence-corrected chi connectivity index (χ4v) is 2.24. The first-order chi connectivity index (χ1) is 9.47. The third kappa shape index (κ3) is 3.42. The lowest BCUT2D eigenvalue weighted by Gasteiger charge is -2.34. The quantitative estimate of drug-likeness (QED) is 0.617. The molecule has 1 aliphatic heterocycles. The molecule has 1 saturated heterocycles. The number of carbonyl (C=O) groups is 1. The first-order valence-electron chi connectivity index (χ1n) is 6.71. The van der Waals surface area contributed by atoms with E-state index >= 15 is 0 Å². The molecule has 0 N–H and O–H groups in total. The Labute approximate surface area is 118 Å². The maximum atomic E-state index is 12.8. The van der Waals surface area contributed by atoms with E-state index in [1.54, 1.807) is 0 Å². The highest BCUT2D eigenvalue weighted by Crippen LogP contribution is 2.18. The molecule has 5 heteroatoms. The summed E-state index contributed by atoms with van der Waals surface area (Å²) in [7, 11) is 2.07. The van der Waals surface area contributed by atoms with Crippen LogP contribution < -0.4 is 0 Å². The molecule has 20 heavy (non-hydrogen) atoms. The average Bonchev–Trinajstić information content (AvgIpc) is 2.42. The van der Waals surface area contributed by atoms with Crippen molar-refractivity contribution in [3.8, 4) is 0 Å². The monoisotopic (exact) mass is 278 g/mol. The van der Waals surface area contributed by atoms with E-state index in [-0.39, 0.29) is 11.7 Å². The maximum absolute atomic E-state index is 12.8. The number of hydrogen-bond acceptors (Lipinski definition) is 4. The van der Waals surface area contributed by atoms with E-state index in [1.807, 2.05) is 0 Å². The Kier molecular flexibility index (Phi) is 4.49. The number of rotatable bonds is 2. The zero-order valence-corrected chi connectivity index (χ0v) is 12.0. The van der Waals surface area contributed by atoms with E-state index in [1.165, 1.54) is 24.3 Å². The van der Waals surface area contributed by atoms with Gasteiger partial charge in [0.2, 0.25) is 0 Å². The van der Waals surface area contributed by atoms with Gasteiger partial charge in [0.15, 0.2) is 0 Å². The first kappa shape index (κ1) is 14.7. The van der Waals surface area contributed by atoms with Gasteiger partial charge in [-0.15, -0.1) is 0 Å². The summed E-state index contributed by atoms with van der Waals surface area (Å²) < 4.78 is 12.8. The van der Waals surface area contributed by atoms with Crippen molar-refractivity contribution in [2.45, 2.75) is 26.3 Å². The highest BCUT2D eigenvalue weighted by Gasteiger charge is 2.26. The van der Waals surface area contributed by atoms with Crippen LogP contribution in [0, 0.1) is 11.7 Å². The summed E-state index contributed by atoms with van der Waals surface area (Å²) in [5.41, 5.74) is 1.19. The third-order valence-corrected chi connectivity index (χ3v) is 3.71. The third-order valence-electron chi connectivity index (χ3n) is 3.71. The molecule has 2 atom stereocenters. The van der Waals surface area contributed by atoms with Crippen molar-refractivity contribution in [3.63, 3.8) is 0 Å². The van der Waals surface area contributed by atoms with Gasteiger partial charge in [0, 0.05) is 24.9 Å². The molecule has 108 valence electrons. The zero-order valence-electron chi connectivity index (χ0n) is 12.0. The van der Waals surface area contributed by atoms with Crippen LogP contribution in [0.2, 0.25) is 0 Å². The number of nitrogens with zero attached hydrogens (tertiary/aromatic N) is 2. The van der Waals surface area contributed by atoms with E-state index in [0.717, 1.165) is 18.7 Å². The molecule has 1 aromatic carbocycles. The van der Waals surface area contributed by atoms with E-state index in [0.29, 0.717) is 11.6 Å². The summed E-state index contributed by atoms with van der Waals surface area (Å²) in [5.74, 6) is -0.681. The van der Waals surface area contributed by atoms with Gasteiger partial charge in [-0.2, -0.15) is 0 Å². The van der Waals surface area contributed by atoms with Crippen LogP contribution in [-0.4, -0.2) is 36.2 Å². The van der Waals surface area contributed by atoms with Crippen LogP contribution in [-0.2, 0) is 4.84 Å². The smallest absolute Gasteiger partial charge is 0.313 e. The lowest BCUT2D eigenvalue weighted by Crippen LogP contribution is -2.43. The summed E-state index contributed by atoms with van der Waals surface area (Å²) in [6.45, 7) is 5.07. The fraction of sp³-hybridized carbons (Fsp3) is 0.467. The van der Waals surface area contributed by atoms with Crippen LogP contribution >= 0.6 is 0 Å². The lowest BCUT2D eigenvalue weighted by molar-refractivity contribution is 0.0508. The Hall–Kier alpha value is -1.75. The number of carbonyl (C=O) groups excluding carboxylic acids is 1. The van der Waals surface area contributed by atoms with Gasteiger partial charge in [0.05, 0.1) is 11.3 Å².